The molecule has 0 radical (unpaired) electrons. The van der Waals surface area contributed by atoms with Gasteiger partial charge in [-0.3, -0.25) is 4.79 Å². The highest BCUT2D eigenvalue weighted by molar-refractivity contribution is 6.31. The Labute approximate surface area is 120 Å². The Morgan fingerprint density at radius 2 is 2.05 bits per heavy atom. The zero-order valence-electron chi connectivity index (χ0n) is 12.1. The zero-order valence-corrected chi connectivity index (χ0v) is 12.8. The summed E-state index contributed by atoms with van der Waals surface area (Å²) in [7, 11) is 0. The molecule has 3 N–H and O–H groups in total. The van der Waals surface area contributed by atoms with Gasteiger partial charge in [0.2, 0.25) is 5.91 Å². The minimum atomic E-state index is -0.182. The molecule has 0 aliphatic rings. The molecule has 0 saturated carbocycles. The Bertz CT molecular complexity index is 452. The molecular weight excluding hydrogens is 260 g/mol. The van der Waals surface area contributed by atoms with Crippen LogP contribution in [0.2, 0.25) is 5.02 Å². The fourth-order valence-electron chi connectivity index (χ4n) is 2.00. The van der Waals surface area contributed by atoms with E-state index in [4.69, 9.17) is 17.3 Å². The predicted molar refractivity (Wildman–Crippen MR) is 81.4 cm³/mol. The molecule has 4 heteroatoms. The molecule has 19 heavy (non-hydrogen) atoms. The van der Waals surface area contributed by atoms with Gasteiger partial charge in [0.15, 0.2) is 0 Å². The zero-order chi connectivity index (χ0) is 14.6. The van der Waals surface area contributed by atoms with E-state index < -0.39 is 0 Å². The van der Waals surface area contributed by atoms with Gasteiger partial charge in [0.05, 0.1) is 5.92 Å². The quantitative estimate of drug-likeness (QED) is 0.886. The topological polar surface area (TPSA) is 55.1 Å². The second-order valence-electron chi connectivity index (χ2n) is 6.10. The highest BCUT2D eigenvalue weighted by Crippen LogP contribution is 2.27. The van der Waals surface area contributed by atoms with Crippen molar-refractivity contribution in [2.75, 3.05) is 11.9 Å². The summed E-state index contributed by atoms with van der Waals surface area (Å²) >= 11 is 6.04. The van der Waals surface area contributed by atoms with E-state index in [0.717, 1.165) is 17.7 Å². The highest BCUT2D eigenvalue weighted by Gasteiger charge is 2.24. The third-order valence-electron chi connectivity index (χ3n) is 3.04. The molecule has 1 unspecified atom stereocenters. The van der Waals surface area contributed by atoms with E-state index in [2.05, 4.69) is 26.1 Å². The molecule has 0 spiro atoms. The van der Waals surface area contributed by atoms with Crippen LogP contribution in [0.5, 0.6) is 0 Å². The van der Waals surface area contributed by atoms with Gasteiger partial charge in [-0.15, -0.1) is 0 Å². The van der Waals surface area contributed by atoms with Crippen molar-refractivity contribution in [1.29, 1.82) is 0 Å². The first kappa shape index (κ1) is 16.0. The van der Waals surface area contributed by atoms with Gasteiger partial charge in [-0.25, -0.2) is 0 Å². The Kier molecular flexibility index (Phi) is 5.39. The molecule has 3 nitrogen and oxygen atoms in total. The predicted octanol–water partition coefficient (Wildman–Crippen LogP) is 3.60. The van der Waals surface area contributed by atoms with Crippen LogP contribution in [0.3, 0.4) is 0 Å². The summed E-state index contributed by atoms with van der Waals surface area (Å²) < 4.78 is 0. The summed E-state index contributed by atoms with van der Waals surface area (Å²) in [6, 6.07) is 5.48. The van der Waals surface area contributed by atoms with E-state index >= 15 is 0 Å². The first-order valence-corrected chi connectivity index (χ1v) is 6.88. The number of halogens is 1. The van der Waals surface area contributed by atoms with Crippen molar-refractivity contribution in [3.63, 3.8) is 0 Å². The van der Waals surface area contributed by atoms with Gasteiger partial charge >= 0.3 is 0 Å². The van der Waals surface area contributed by atoms with E-state index in [1.165, 1.54) is 0 Å². The lowest BCUT2D eigenvalue weighted by Gasteiger charge is -2.24. The first-order chi connectivity index (χ1) is 8.74. The summed E-state index contributed by atoms with van der Waals surface area (Å²) in [5.41, 5.74) is 7.42. The maximum absolute atomic E-state index is 12.3. The number of carbonyl (C=O) groups excluding carboxylic acids is 1. The van der Waals surface area contributed by atoms with Crippen molar-refractivity contribution in [2.45, 2.75) is 34.1 Å². The van der Waals surface area contributed by atoms with Gasteiger partial charge in [-0.05, 0) is 36.5 Å². The maximum atomic E-state index is 12.3. The van der Waals surface area contributed by atoms with Crippen LogP contribution in [-0.4, -0.2) is 12.5 Å². The monoisotopic (exact) mass is 282 g/mol. The van der Waals surface area contributed by atoms with Gasteiger partial charge in [-0.1, -0.05) is 38.4 Å². The van der Waals surface area contributed by atoms with Crippen LogP contribution in [0.15, 0.2) is 18.2 Å². The Hall–Kier alpha value is -1.06. The molecule has 0 fully saturated rings. The van der Waals surface area contributed by atoms with Gasteiger partial charge in [0.25, 0.3) is 0 Å². The number of carbonyl (C=O) groups is 1. The molecule has 0 aromatic heterocycles. The van der Waals surface area contributed by atoms with Crippen molar-refractivity contribution in [2.24, 2.45) is 17.1 Å². The number of rotatable bonds is 4. The van der Waals surface area contributed by atoms with Crippen LogP contribution >= 0.6 is 11.6 Å². The largest absolute Gasteiger partial charge is 0.330 e. The molecule has 1 atom stereocenters. The van der Waals surface area contributed by atoms with Gasteiger partial charge in [-0.2, -0.15) is 0 Å². The van der Waals surface area contributed by atoms with Crippen LogP contribution in [0.4, 0.5) is 5.69 Å². The molecule has 0 bridgehead atoms. The lowest BCUT2D eigenvalue weighted by Crippen LogP contribution is -2.32. The average Bonchev–Trinajstić information content (AvgIpc) is 2.30. The molecule has 0 aliphatic carbocycles. The van der Waals surface area contributed by atoms with Crippen LogP contribution in [0.1, 0.15) is 32.8 Å². The molecule has 1 aromatic carbocycles. The minimum absolute atomic E-state index is 0.0391. The number of anilines is 1. The molecule has 0 saturated heterocycles. The minimum Gasteiger partial charge on any atom is -0.330 e. The summed E-state index contributed by atoms with van der Waals surface area (Å²) in [6.45, 7) is 8.55. The molecule has 0 aliphatic heterocycles. The molecule has 0 heterocycles. The second kappa shape index (κ2) is 6.40. The van der Waals surface area contributed by atoms with Crippen LogP contribution in [0.25, 0.3) is 0 Å². The normalized spacial score (nSPS) is 13.2. The van der Waals surface area contributed by atoms with E-state index in [1.54, 1.807) is 0 Å². The summed E-state index contributed by atoms with van der Waals surface area (Å²) in [6.07, 6.45) is 0.759. The van der Waals surface area contributed by atoms with Crippen molar-refractivity contribution in [1.82, 2.24) is 0 Å². The molecule has 1 aromatic rings. The molecule has 106 valence electrons. The van der Waals surface area contributed by atoms with Gasteiger partial charge in [0, 0.05) is 17.3 Å². The summed E-state index contributed by atoms with van der Waals surface area (Å²) in [5, 5.41) is 3.57. The fraction of sp³-hybridized carbons (Fsp3) is 0.533. The van der Waals surface area contributed by atoms with Crippen molar-refractivity contribution < 1.29 is 4.79 Å². The first-order valence-electron chi connectivity index (χ1n) is 6.50. The second-order valence-corrected chi connectivity index (χ2v) is 6.51. The van der Waals surface area contributed by atoms with Gasteiger partial charge in [0.1, 0.15) is 0 Å². The summed E-state index contributed by atoms with van der Waals surface area (Å²) in [5.74, 6) is -0.221. The number of hydrogen-bond acceptors (Lipinski definition) is 2. The lowest BCUT2D eigenvalue weighted by molar-refractivity contribution is -0.120. The fourth-order valence-corrected chi connectivity index (χ4v) is 2.17. The highest BCUT2D eigenvalue weighted by atomic mass is 35.5. The van der Waals surface area contributed by atoms with E-state index in [9.17, 15) is 4.79 Å². The van der Waals surface area contributed by atoms with Crippen molar-refractivity contribution in [3.8, 4) is 0 Å². The van der Waals surface area contributed by atoms with Crippen molar-refractivity contribution in [3.05, 3.63) is 28.8 Å². The third-order valence-corrected chi connectivity index (χ3v) is 3.45. The summed E-state index contributed by atoms with van der Waals surface area (Å²) in [4.78, 5) is 12.3. The standard InChI is InChI=1S/C15H23ClN2O/c1-10-12(16)6-5-7-13(10)18-14(19)11(9-17)8-15(2,3)4/h5-7,11H,8-9,17H2,1-4H3,(H,18,19). The number of amides is 1. The number of benzene rings is 1. The third kappa shape index (κ3) is 4.84. The number of hydrogen-bond donors (Lipinski definition) is 2. The van der Waals surface area contributed by atoms with Crippen LogP contribution in [0, 0.1) is 18.3 Å². The molecular formula is C15H23ClN2O. The Morgan fingerprint density at radius 1 is 1.42 bits per heavy atom. The van der Waals surface area contributed by atoms with Crippen molar-refractivity contribution >= 4 is 23.2 Å². The van der Waals surface area contributed by atoms with Crippen LogP contribution in [-0.2, 0) is 4.79 Å². The molecule has 1 rings (SSSR count). The molecule has 1 amide bonds. The van der Waals surface area contributed by atoms with E-state index in [1.807, 2.05) is 25.1 Å². The number of nitrogens with two attached hydrogens (primary N) is 1. The SMILES string of the molecule is Cc1c(Cl)cccc1NC(=O)C(CN)CC(C)(C)C. The van der Waals surface area contributed by atoms with E-state index in [0.29, 0.717) is 11.6 Å². The van der Waals surface area contributed by atoms with Gasteiger partial charge < -0.3 is 11.1 Å². The maximum Gasteiger partial charge on any atom is 0.228 e. The number of nitrogens with one attached hydrogen (secondary N) is 1. The Balaban J connectivity index is 2.80. The lowest BCUT2D eigenvalue weighted by atomic mass is 9.84. The Morgan fingerprint density at radius 3 is 2.58 bits per heavy atom. The average molecular weight is 283 g/mol. The smallest absolute Gasteiger partial charge is 0.228 e. The van der Waals surface area contributed by atoms with Crippen LogP contribution < -0.4 is 11.1 Å². The van der Waals surface area contributed by atoms with E-state index in [-0.39, 0.29) is 17.2 Å².